The van der Waals surface area contributed by atoms with Gasteiger partial charge < -0.3 is 25.8 Å². The zero-order valence-electron chi connectivity index (χ0n) is 22.0. The van der Waals surface area contributed by atoms with Crippen molar-refractivity contribution in [2.45, 2.75) is 19.9 Å². The van der Waals surface area contributed by atoms with Crippen LogP contribution in [0.1, 0.15) is 16.8 Å². The van der Waals surface area contributed by atoms with Crippen molar-refractivity contribution in [3.05, 3.63) is 83.3 Å². The van der Waals surface area contributed by atoms with Gasteiger partial charge >= 0.3 is 0 Å². The number of anilines is 5. The van der Waals surface area contributed by atoms with Gasteiger partial charge in [0.05, 0.1) is 6.42 Å². The number of H-pyrrole nitrogens is 1. The van der Waals surface area contributed by atoms with Crippen molar-refractivity contribution in [2.75, 3.05) is 48.8 Å². The molecular weight excluding hydrogens is 497 g/mol. The number of hydrogen-bond donors (Lipinski definition) is 4. The summed E-state index contributed by atoms with van der Waals surface area (Å²) >= 11 is 0. The summed E-state index contributed by atoms with van der Waals surface area (Å²) in [6, 6.07) is 17.6. The molecule has 0 bridgehead atoms. The van der Waals surface area contributed by atoms with E-state index in [9.17, 15) is 9.18 Å². The topological polar surface area (TPSA) is 114 Å². The summed E-state index contributed by atoms with van der Waals surface area (Å²) in [6.45, 7) is 5.91. The third kappa shape index (κ3) is 7.29. The SMILES string of the molecule is Cc1cc(Nc2cc(N3CCN(C)CC3)nc(Nc3ccc(CC(=O)NCc4cccc(F)c4)cc3)n2)n[nH]1. The van der Waals surface area contributed by atoms with Gasteiger partial charge in [-0.1, -0.05) is 24.3 Å². The Hall–Kier alpha value is -4.51. The highest BCUT2D eigenvalue weighted by Gasteiger charge is 2.18. The molecule has 0 radical (unpaired) electrons. The minimum Gasteiger partial charge on any atom is -0.354 e. The van der Waals surface area contributed by atoms with Gasteiger partial charge in [-0.3, -0.25) is 9.89 Å². The Morgan fingerprint density at radius 3 is 2.46 bits per heavy atom. The van der Waals surface area contributed by atoms with Crippen LogP contribution in [0.5, 0.6) is 0 Å². The maximum absolute atomic E-state index is 13.3. The molecule has 10 nitrogen and oxygen atoms in total. The minimum atomic E-state index is -0.318. The number of nitrogens with zero attached hydrogens (tertiary/aromatic N) is 5. The maximum atomic E-state index is 13.3. The van der Waals surface area contributed by atoms with Crippen LogP contribution < -0.4 is 20.9 Å². The number of halogens is 1. The average molecular weight is 530 g/mol. The summed E-state index contributed by atoms with van der Waals surface area (Å²) in [6.07, 6.45) is 0.224. The Bertz CT molecular complexity index is 1410. The van der Waals surface area contributed by atoms with Gasteiger partial charge in [0, 0.05) is 56.2 Å². The van der Waals surface area contributed by atoms with Crippen LogP contribution >= 0.6 is 0 Å². The first-order valence-corrected chi connectivity index (χ1v) is 12.9. The zero-order valence-corrected chi connectivity index (χ0v) is 22.0. The Morgan fingerprint density at radius 2 is 1.74 bits per heavy atom. The molecule has 1 aliphatic rings. The number of nitrogens with one attached hydrogen (secondary N) is 4. The fourth-order valence-corrected chi connectivity index (χ4v) is 4.30. The molecule has 4 N–H and O–H groups in total. The first-order valence-electron chi connectivity index (χ1n) is 12.9. The molecule has 11 heteroatoms. The summed E-state index contributed by atoms with van der Waals surface area (Å²) in [7, 11) is 2.12. The standard InChI is InChI=1S/C28H32FN9O/c1-19-14-25(36-35-19)32-24-17-26(38-12-10-37(2)11-13-38)34-28(33-24)31-23-8-6-20(7-9-23)16-27(39)30-18-21-4-3-5-22(29)15-21/h3-9,14-15,17H,10-13,16,18H2,1-2H3,(H,30,39)(H3,31,32,33,34,35,36). The third-order valence-electron chi connectivity index (χ3n) is 6.46. The van der Waals surface area contributed by atoms with Crippen molar-refractivity contribution in [3.63, 3.8) is 0 Å². The number of carbonyl (C=O) groups excluding carboxylic acids is 1. The Balaban J connectivity index is 1.25. The molecule has 1 fully saturated rings. The fraction of sp³-hybridized carbons (Fsp3) is 0.286. The molecule has 3 heterocycles. The molecule has 0 unspecified atom stereocenters. The van der Waals surface area contributed by atoms with E-state index in [1.54, 1.807) is 12.1 Å². The van der Waals surface area contributed by atoms with Crippen LogP contribution in [0.15, 0.2) is 60.7 Å². The van der Waals surface area contributed by atoms with Gasteiger partial charge in [0.25, 0.3) is 0 Å². The predicted molar refractivity (Wildman–Crippen MR) is 150 cm³/mol. The predicted octanol–water partition coefficient (Wildman–Crippen LogP) is 3.75. The number of amides is 1. The van der Waals surface area contributed by atoms with E-state index in [1.165, 1.54) is 12.1 Å². The Morgan fingerprint density at radius 1 is 0.949 bits per heavy atom. The second-order valence-electron chi connectivity index (χ2n) is 9.69. The third-order valence-corrected chi connectivity index (χ3v) is 6.46. The quantitative estimate of drug-likeness (QED) is 0.259. The maximum Gasteiger partial charge on any atom is 0.231 e. The summed E-state index contributed by atoms with van der Waals surface area (Å²) in [5.74, 6) is 2.17. The lowest BCUT2D eigenvalue weighted by Crippen LogP contribution is -2.44. The molecule has 4 aromatic rings. The number of aromatic nitrogens is 4. The number of benzene rings is 2. The molecule has 1 saturated heterocycles. The highest BCUT2D eigenvalue weighted by atomic mass is 19.1. The number of aryl methyl sites for hydroxylation is 1. The molecule has 0 spiro atoms. The first kappa shape index (κ1) is 26.1. The molecule has 2 aromatic carbocycles. The highest BCUT2D eigenvalue weighted by molar-refractivity contribution is 5.78. The van der Waals surface area contributed by atoms with E-state index in [2.05, 4.69) is 48.0 Å². The van der Waals surface area contributed by atoms with Crippen LogP contribution in [0.3, 0.4) is 0 Å². The van der Waals surface area contributed by atoms with Gasteiger partial charge in [-0.2, -0.15) is 15.1 Å². The number of hydrogen-bond acceptors (Lipinski definition) is 8. The molecule has 39 heavy (non-hydrogen) atoms. The van der Waals surface area contributed by atoms with Crippen LogP contribution in [0, 0.1) is 12.7 Å². The van der Waals surface area contributed by atoms with Crippen LogP contribution in [0.2, 0.25) is 0 Å². The second-order valence-corrected chi connectivity index (χ2v) is 9.69. The van der Waals surface area contributed by atoms with E-state index >= 15 is 0 Å². The number of aromatic amines is 1. The molecular formula is C28H32FN9O. The fourth-order valence-electron chi connectivity index (χ4n) is 4.30. The van der Waals surface area contributed by atoms with Gasteiger partial charge in [-0.15, -0.1) is 0 Å². The first-order chi connectivity index (χ1) is 18.9. The lowest BCUT2D eigenvalue weighted by atomic mass is 10.1. The molecule has 1 aliphatic heterocycles. The molecule has 0 atom stereocenters. The average Bonchev–Trinajstić information content (AvgIpc) is 3.33. The van der Waals surface area contributed by atoms with E-state index in [0.717, 1.165) is 54.5 Å². The molecule has 0 saturated carbocycles. The monoisotopic (exact) mass is 529 g/mol. The number of likely N-dealkylation sites (N-methyl/N-ethyl adjacent to an activating group) is 1. The number of piperazine rings is 1. The van der Waals surface area contributed by atoms with E-state index < -0.39 is 0 Å². The lowest BCUT2D eigenvalue weighted by molar-refractivity contribution is -0.120. The number of rotatable bonds is 9. The Kier molecular flexibility index (Phi) is 7.97. The summed E-state index contributed by atoms with van der Waals surface area (Å²) in [4.78, 5) is 26.4. The van der Waals surface area contributed by atoms with Gasteiger partial charge in [0.1, 0.15) is 17.5 Å². The van der Waals surface area contributed by atoms with Crippen molar-refractivity contribution < 1.29 is 9.18 Å². The van der Waals surface area contributed by atoms with Gasteiger partial charge in [0.2, 0.25) is 11.9 Å². The molecule has 2 aromatic heterocycles. The van der Waals surface area contributed by atoms with Crippen LogP contribution in [0.25, 0.3) is 0 Å². The van der Waals surface area contributed by atoms with Gasteiger partial charge in [-0.05, 0) is 49.4 Å². The van der Waals surface area contributed by atoms with Crippen molar-refractivity contribution in [1.82, 2.24) is 30.4 Å². The van der Waals surface area contributed by atoms with Crippen LogP contribution in [0.4, 0.5) is 33.5 Å². The van der Waals surface area contributed by atoms with Gasteiger partial charge in [-0.25, -0.2) is 4.39 Å². The molecule has 0 aliphatic carbocycles. The molecule has 202 valence electrons. The molecule has 1 amide bonds. The zero-order chi connectivity index (χ0) is 27.2. The van der Waals surface area contributed by atoms with Crippen molar-refractivity contribution in [3.8, 4) is 0 Å². The van der Waals surface area contributed by atoms with Crippen LogP contribution in [-0.4, -0.2) is 64.2 Å². The summed E-state index contributed by atoms with van der Waals surface area (Å²) in [5, 5.41) is 16.6. The molecule has 5 rings (SSSR count). The smallest absolute Gasteiger partial charge is 0.231 e. The normalized spacial score (nSPS) is 13.8. The largest absolute Gasteiger partial charge is 0.354 e. The summed E-state index contributed by atoms with van der Waals surface area (Å²) in [5.41, 5.74) is 3.33. The summed E-state index contributed by atoms with van der Waals surface area (Å²) < 4.78 is 13.3. The van der Waals surface area contributed by atoms with Crippen LogP contribution in [-0.2, 0) is 17.8 Å². The Labute approximate surface area is 226 Å². The van der Waals surface area contributed by atoms with E-state index in [1.807, 2.05) is 43.3 Å². The lowest BCUT2D eigenvalue weighted by Gasteiger charge is -2.33. The highest BCUT2D eigenvalue weighted by Crippen LogP contribution is 2.24. The van der Waals surface area contributed by atoms with E-state index in [0.29, 0.717) is 17.6 Å². The van der Waals surface area contributed by atoms with Crippen molar-refractivity contribution >= 4 is 35.0 Å². The van der Waals surface area contributed by atoms with Crippen molar-refractivity contribution in [2.24, 2.45) is 0 Å². The minimum absolute atomic E-state index is 0.132. The van der Waals surface area contributed by atoms with E-state index in [-0.39, 0.29) is 24.7 Å². The van der Waals surface area contributed by atoms with Crippen molar-refractivity contribution in [1.29, 1.82) is 0 Å². The van der Waals surface area contributed by atoms with E-state index in [4.69, 9.17) is 4.98 Å². The van der Waals surface area contributed by atoms with Gasteiger partial charge in [0.15, 0.2) is 5.82 Å². The second kappa shape index (κ2) is 11.9. The number of carbonyl (C=O) groups is 1.